The van der Waals surface area contributed by atoms with Gasteiger partial charge in [0.2, 0.25) is 0 Å². The molecule has 0 amide bonds. The maximum absolute atomic E-state index is 2.73. The molecular formula is C13H25N. The van der Waals surface area contributed by atoms with E-state index in [1.807, 2.05) is 0 Å². The molecule has 0 aromatic rings. The summed E-state index contributed by atoms with van der Waals surface area (Å²) in [7, 11) is 0. The molecule has 2 saturated heterocycles. The number of rotatable bonds is 3. The van der Waals surface area contributed by atoms with Crippen molar-refractivity contribution >= 4 is 0 Å². The van der Waals surface area contributed by atoms with Crippen LogP contribution in [0.4, 0.5) is 0 Å². The number of hydrogen-bond acceptors (Lipinski definition) is 1. The van der Waals surface area contributed by atoms with Crippen LogP contribution < -0.4 is 0 Å². The molecule has 1 heteroatoms. The van der Waals surface area contributed by atoms with Crippen molar-refractivity contribution in [2.24, 2.45) is 17.3 Å². The van der Waals surface area contributed by atoms with Crippen LogP contribution in [0, 0.1) is 17.3 Å². The summed E-state index contributed by atoms with van der Waals surface area (Å²) in [6, 6.07) is 1.65. The molecule has 1 nitrogen and oxygen atoms in total. The largest absolute Gasteiger partial charge is 0.297 e. The van der Waals surface area contributed by atoms with Gasteiger partial charge in [0.25, 0.3) is 0 Å². The smallest absolute Gasteiger partial charge is 0.0158 e. The van der Waals surface area contributed by atoms with Gasteiger partial charge in [-0.1, -0.05) is 20.8 Å². The van der Waals surface area contributed by atoms with Gasteiger partial charge in [-0.25, -0.2) is 0 Å². The van der Waals surface area contributed by atoms with E-state index in [4.69, 9.17) is 0 Å². The van der Waals surface area contributed by atoms with E-state index in [1.54, 1.807) is 0 Å². The zero-order valence-electron chi connectivity index (χ0n) is 10.4. The Morgan fingerprint density at radius 3 is 2.36 bits per heavy atom. The lowest BCUT2D eigenvalue weighted by molar-refractivity contribution is 0.0171. The molecule has 2 unspecified atom stereocenters. The average molecular weight is 195 g/mol. The fourth-order valence-electron chi connectivity index (χ4n) is 3.85. The molecule has 2 heterocycles. The first-order chi connectivity index (χ1) is 6.45. The molecule has 82 valence electrons. The van der Waals surface area contributed by atoms with E-state index in [0.717, 1.165) is 23.9 Å². The highest BCUT2D eigenvalue weighted by Crippen LogP contribution is 2.59. The van der Waals surface area contributed by atoms with Crippen molar-refractivity contribution < 1.29 is 0 Å². The Hall–Kier alpha value is -0.0400. The van der Waals surface area contributed by atoms with Crippen molar-refractivity contribution in [1.29, 1.82) is 0 Å². The molecule has 0 radical (unpaired) electrons. The van der Waals surface area contributed by atoms with Crippen molar-refractivity contribution in [3.8, 4) is 0 Å². The summed E-state index contributed by atoms with van der Waals surface area (Å²) in [4.78, 5) is 2.73. The van der Waals surface area contributed by atoms with Gasteiger partial charge < -0.3 is 0 Å². The monoisotopic (exact) mass is 195 g/mol. The van der Waals surface area contributed by atoms with E-state index in [2.05, 4.69) is 39.5 Å². The lowest BCUT2D eigenvalue weighted by atomic mass is 9.58. The molecule has 3 fully saturated rings. The predicted molar refractivity (Wildman–Crippen MR) is 61.3 cm³/mol. The Morgan fingerprint density at radius 1 is 1.29 bits per heavy atom. The zero-order chi connectivity index (χ0) is 10.5. The third-order valence-electron chi connectivity index (χ3n) is 4.54. The van der Waals surface area contributed by atoms with E-state index in [1.165, 1.54) is 19.4 Å². The van der Waals surface area contributed by atoms with Crippen LogP contribution in [0.25, 0.3) is 0 Å². The van der Waals surface area contributed by atoms with E-state index in [0.29, 0.717) is 5.41 Å². The molecule has 0 spiro atoms. The van der Waals surface area contributed by atoms with E-state index in [9.17, 15) is 0 Å². The lowest BCUT2D eigenvalue weighted by Gasteiger charge is -2.49. The van der Waals surface area contributed by atoms with Crippen LogP contribution >= 0.6 is 0 Å². The second-order valence-electron chi connectivity index (χ2n) is 6.34. The fourth-order valence-corrected chi connectivity index (χ4v) is 3.85. The molecule has 3 aliphatic rings. The first kappa shape index (κ1) is 10.5. The van der Waals surface area contributed by atoms with Gasteiger partial charge in [-0.05, 0) is 43.9 Å². The molecule has 0 aromatic heterocycles. The van der Waals surface area contributed by atoms with Gasteiger partial charge in [0.05, 0.1) is 0 Å². The van der Waals surface area contributed by atoms with Gasteiger partial charge in [-0.3, -0.25) is 4.90 Å². The highest BCUT2D eigenvalue weighted by atomic mass is 15.3. The van der Waals surface area contributed by atoms with Gasteiger partial charge in [-0.15, -0.1) is 0 Å². The van der Waals surface area contributed by atoms with Gasteiger partial charge in [-0.2, -0.15) is 0 Å². The molecule has 1 aliphatic carbocycles. The van der Waals surface area contributed by atoms with Crippen LogP contribution in [0.3, 0.4) is 0 Å². The Balaban J connectivity index is 2.05. The predicted octanol–water partition coefficient (Wildman–Crippen LogP) is 3.15. The lowest BCUT2D eigenvalue weighted by Crippen LogP contribution is -2.50. The SMILES string of the molecule is CC(C)CC1(C)C2C[C@@H]1N(C(C)C)C2. The van der Waals surface area contributed by atoms with Crippen LogP contribution in [0.1, 0.15) is 47.5 Å². The van der Waals surface area contributed by atoms with Crippen LogP contribution in [-0.4, -0.2) is 23.5 Å². The number of hydrogen-bond donors (Lipinski definition) is 0. The molecule has 2 bridgehead atoms. The van der Waals surface area contributed by atoms with Crippen molar-refractivity contribution in [3.63, 3.8) is 0 Å². The maximum Gasteiger partial charge on any atom is 0.0158 e. The quantitative estimate of drug-likeness (QED) is 0.668. The van der Waals surface area contributed by atoms with E-state index < -0.39 is 0 Å². The first-order valence-corrected chi connectivity index (χ1v) is 6.21. The van der Waals surface area contributed by atoms with Crippen LogP contribution in [0.5, 0.6) is 0 Å². The van der Waals surface area contributed by atoms with E-state index >= 15 is 0 Å². The standard InChI is InChI=1S/C13H25N/c1-9(2)7-13(5)11-6-12(13)14(8-11)10(3)4/h9-12H,6-8H2,1-5H3/t11?,12-,13?/m0/s1. The third kappa shape index (κ3) is 1.32. The van der Waals surface area contributed by atoms with Crippen LogP contribution in [0.2, 0.25) is 0 Å². The normalized spacial score (nSPS) is 42.2. The van der Waals surface area contributed by atoms with Crippen molar-refractivity contribution in [3.05, 3.63) is 0 Å². The Kier molecular flexibility index (Phi) is 2.42. The molecule has 14 heavy (non-hydrogen) atoms. The summed E-state index contributed by atoms with van der Waals surface area (Å²) in [6.07, 6.45) is 2.90. The minimum atomic E-state index is 0.651. The Labute approximate surface area is 88.9 Å². The Morgan fingerprint density at radius 2 is 1.93 bits per heavy atom. The van der Waals surface area contributed by atoms with Crippen molar-refractivity contribution in [2.45, 2.75) is 59.5 Å². The Bertz CT molecular complexity index is 221. The van der Waals surface area contributed by atoms with Crippen LogP contribution in [-0.2, 0) is 0 Å². The summed E-state index contributed by atoms with van der Waals surface area (Å²) in [5.41, 5.74) is 0.651. The highest BCUT2D eigenvalue weighted by molar-refractivity contribution is 5.12. The second kappa shape index (κ2) is 3.23. The van der Waals surface area contributed by atoms with Crippen LogP contribution in [0.15, 0.2) is 0 Å². The molecule has 3 rings (SSSR count). The first-order valence-electron chi connectivity index (χ1n) is 6.21. The summed E-state index contributed by atoms with van der Waals surface area (Å²) < 4.78 is 0. The summed E-state index contributed by atoms with van der Waals surface area (Å²) in [5, 5.41) is 0. The maximum atomic E-state index is 2.73. The topological polar surface area (TPSA) is 3.24 Å². The average Bonchev–Trinajstić information content (AvgIpc) is 2.57. The fraction of sp³-hybridized carbons (Fsp3) is 1.00. The molecular weight excluding hydrogens is 170 g/mol. The molecule has 2 aliphatic heterocycles. The third-order valence-corrected chi connectivity index (χ3v) is 4.54. The van der Waals surface area contributed by atoms with Crippen molar-refractivity contribution in [1.82, 2.24) is 4.90 Å². The molecule has 0 N–H and O–H groups in total. The minimum Gasteiger partial charge on any atom is -0.297 e. The zero-order valence-corrected chi connectivity index (χ0v) is 10.4. The summed E-state index contributed by atoms with van der Waals surface area (Å²) in [5.74, 6) is 1.86. The summed E-state index contributed by atoms with van der Waals surface area (Å²) >= 11 is 0. The highest BCUT2D eigenvalue weighted by Gasteiger charge is 2.60. The van der Waals surface area contributed by atoms with Gasteiger partial charge >= 0.3 is 0 Å². The number of nitrogens with zero attached hydrogens (tertiary/aromatic N) is 1. The molecule has 1 saturated carbocycles. The van der Waals surface area contributed by atoms with Gasteiger partial charge in [0, 0.05) is 18.6 Å². The minimum absolute atomic E-state index is 0.651. The van der Waals surface area contributed by atoms with Gasteiger partial charge in [0.15, 0.2) is 0 Å². The van der Waals surface area contributed by atoms with Crippen molar-refractivity contribution in [2.75, 3.05) is 6.54 Å². The van der Waals surface area contributed by atoms with E-state index in [-0.39, 0.29) is 0 Å². The molecule has 3 atom stereocenters. The summed E-state index contributed by atoms with van der Waals surface area (Å²) in [6.45, 7) is 13.3. The van der Waals surface area contributed by atoms with Gasteiger partial charge in [0.1, 0.15) is 0 Å². The second-order valence-corrected chi connectivity index (χ2v) is 6.34. The number of fused-ring (bicyclic) bond motifs is 1. The molecule has 0 aromatic carbocycles.